The van der Waals surface area contributed by atoms with Gasteiger partial charge in [0, 0.05) is 36.7 Å². The van der Waals surface area contributed by atoms with Crippen LogP contribution in [-0.2, 0) is 33.7 Å². The molecule has 1 aromatic heterocycles. The van der Waals surface area contributed by atoms with Gasteiger partial charge in [-0.3, -0.25) is 19.8 Å². The van der Waals surface area contributed by atoms with Gasteiger partial charge in [0.1, 0.15) is 6.10 Å². The molecular weight excluding hydrogens is 412 g/mol. The van der Waals surface area contributed by atoms with Crippen molar-refractivity contribution in [1.29, 1.82) is 0 Å². The van der Waals surface area contributed by atoms with Gasteiger partial charge in [0.2, 0.25) is 5.91 Å². The van der Waals surface area contributed by atoms with E-state index in [0.29, 0.717) is 24.8 Å². The van der Waals surface area contributed by atoms with Crippen molar-refractivity contribution < 1.29 is 14.3 Å². The van der Waals surface area contributed by atoms with Gasteiger partial charge in [-0.05, 0) is 43.4 Å². The molecule has 166 valence electrons. The Hall–Kier alpha value is -2.29. The van der Waals surface area contributed by atoms with Gasteiger partial charge in [0.25, 0.3) is 5.91 Å². The van der Waals surface area contributed by atoms with E-state index in [2.05, 4.69) is 39.6 Å². The van der Waals surface area contributed by atoms with E-state index < -0.39 is 0 Å². The number of aromatic nitrogens is 1. The highest BCUT2D eigenvalue weighted by atomic mass is 32.1. The predicted molar refractivity (Wildman–Crippen MR) is 122 cm³/mol. The normalized spacial score (nSPS) is 18.5. The maximum Gasteiger partial charge on any atom is 0.255 e. The van der Waals surface area contributed by atoms with Crippen molar-refractivity contribution in [3.63, 3.8) is 0 Å². The molecule has 4 rings (SSSR count). The van der Waals surface area contributed by atoms with Crippen molar-refractivity contribution in [2.24, 2.45) is 0 Å². The first-order valence-electron chi connectivity index (χ1n) is 11.1. The van der Waals surface area contributed by atoms with Gasteiger partial charge in [-0.15, -0.1) is 11.3 Å². The predicted octanol–water partition coefficient (Wildman–Crippen LogP) is 3.60. The average molecular weight is 443 g/mol. The lowest BCUT2D eigenvalue weighted by molar-refractivity contribution is -0.124. The fourth-order valence-corrected chi connectivity index (χ4v) is 5.00. The van der Waals surface area contributed by atoms with Gasteiger partial charge in [-0.1, -0.05) is 25.5 Å². The first-order valence-corrected chi connectivity index (χ1v) is 11.9. The topological polar surface area (TPSA) is 83.6 Å². The van der Waals surface area contributed by atoms with E-state index in [0.717, 1.165) is 48.5 Å². The second-order valence-electron chi connectivity index (χ2n) is 8.19. The summed E-state index contributed by atoms with van der Waals surface area (Å²) >= 11 is 1.49. The molecule has 0 saturated carbocycles. The van der Waals surface area contributed by atoms with Gasteiger partial charge >= 0.3 is 0 Å². The zero-order valence-corrected chi connectivity index (χ0v) is 18.8. The smallest absolute Gasteiger partial charge is 0.255 e. The third-order valence-corrected chi connectivity index (χ3v) is 6.68. The molecule has 31 heavy (non-hydrogen) atoms. The summed E-state index contributed by atoms with van der Waals surface area (Å²) in [5.74, 6) is -0.123. The lowest BCUT2D eigenvalue weighted by atomic mass is 10.1. The fourth-order valence-electron chi connectivity index (χ4n) is 3.95. The molecule has 2 aliphatic rings. The lowest BCUT2D eigenvalue weighted by Gasteiger charge is -2.25. The molecule has 1 aromatic carbocycles. The van der Waals surface area contributed by atoms with E-state index in [1.807, 2.05) is 12.1 Å². The quantitative estimate of drug-likeness (QED) is 0.653. The third kappa shape index (κ3) is 5.90. The number of amides is 2. The lowest BCUT2D eigenvalue weighted by Crippen LogP contribution is -2.36. The van der Waals surface area contributed by atoms with Gasteiger partial charge in [0.15, 0.2) is 5.13 Å². The van der Waals surface area contributed by atoms with Crippen LogP contribution in [0, 0.1) is 0 Å². The number of hydrogen-bond acceptors (Lipinski definition) is 6. The number of hydrogen-bond donors (Lipinski definition) is 2. The van der Waals surface area contributed by atoms with Crippen molar-refractivity contribution in [3.05, 3.63) is 40.4 Å². The number of fused-ring (bicyclic) bond motifs is 1. The number of unbranched alkanes of at least 4 members (excludes halogenated alkanes) is 1. The molecule has 1 fully saturated rings. The maximum absolute atomic E-state index is 12.5. The Balaban J connectivity index is 1.27. The van der Waals surface area contributed by atoms with Crippen molar-refractivity contribution in [2.45, 2.75) is 58.1 Å². The van der Waals surface area contributed by atoms with Gasteiger partial charge in [-0.25, -0.2) is 4.98 Å². The maximum atomic E-state index is 12.5. The Morgan fingerprint density at radius 2 is 2.10 bits per heavy atom. The molecule has 1 unspecified atom stereocenters. The molecule has 2 amide bonds. The minimum absolute atomic E-state index is 0.0128. The number of anilines is 2. The molecule has 1 atom stereocenters. The van der Waals surface area contributed by atoms with Crippen LogP contribution in [0.2, 0.25) is 0 Å². The molecule has 0 bridgehead atoms. The first kappa shape index (κ1) is 21.9. The van der Waals surface area contributed by atoms with E-state index in [1.165, 1.54) is 29.7 Å². The van der Waals surface area contributed by atoms with Crippen LogP contribution in [0.1, 0.15) is 48.7 Å². The highest BCUT2D eigenvalue weighted by Gasteiger charge is 2.26. The summed E-state index contributed by atoms with van der Waals surface area (Å²) in [5.41, 5.74) is 3.16. The molecule has 0 spiro atoms. The Morgan fingerprint density at radius 1 is 1.26 bits per heavy atom. The van der Waals surface area contributed by atoms with Crippen LogP contribution in [0.3, 0.4) is 0 Å². The van der Waals surface area contributed by atoms with Crippen LogP contribution in [-0.4, -0.2) is 47.5 Å². The molecule has 2 N–H and O–H groups in total. The molecule has 2 aliphatic heterocycles. The molecular formula is C23H30N4O3S. The van der Waals surface area contributed by atoms with E-state index in [1.54, 1.807) is 0 Å². The number of carbonyl (C=O) groups is 2. The van der Waals surface area contributed by atoms with Crippen LogP contribution >= 0.6 is 11.3 Å². The molecule has 8 heteroatoms. The molecule has 7 nitrogen and oxygen atoms in total. The van der Waals surface area contributed by atoms with Crippen molar-refractivity contribution in [1.82, 2.24) is 9.88 Å². The molecule has 2 aromatic rings. The summed E-state index contributed by atoms with van der Waals surface area (Å²) in [4.78, 5) is 32.6. The summed E-state index contributed by atoms with van der Waals surface area (Å²) in [6, 6.07) is 8.12. The van der Waals surface area contributed by atoms with Gasteiger partial charge in [0.05, 0.1) is 12.2 Å². The minimum atomic E-state index is -0.359. The van der Waals surface area contributed by atoms with Crippen LogP contribution < -0.4 is 10.6 Å². The monoisotopic (exact) mass is 442 g/mol. The second kappa shape index (κ2) is 10.3. The Morgan fingerprint density at radius 3 is 2.84 bits per heavy atom. The first-order chi connectivity index (χ1) is 15.1. The Labute approximate surface area is 187 Å². The Kier molecular flexibility index (Phi) is 7.32. The summed E-state index contributed by atoms with van der Waals surface area (Å²) in [6.07, 6.45) is 5.54. The van der Waals surface area contributed by atoms with Crippen molar-refractivity contribution in [2.75, 3.05) is 30.3 Å². The number of thiazole rings is 1. The molecule has 0 aliphatic carbocycles. The summed E-state index contributed by atoms with van der Waals surface area (Å²) < 4.78 is 5.43. The highest BCUT2D eigenvalue weighted by molar-refractivity contribution is 7.15. The van der Waals surface area contributed by atoms with Gasteiger partial charge in [-0.2, -0.15) is 0 Å². The van der Waals surface area contributed by atoms with Crippen molar-refractivity contribution in [3.8, 4) is 0 Å². The second-order valence-corrected chi connectivity index (χ2v) is 9.27. The van der Waals surface area contributed by atoms with Crippen LogP contribution in [0.15, 0.2) is 24.3 Å². The minimum Gasteiger partial charge on any atom is -0.368 e. The third-order valence-electron chi connectivity index (χ3n) is 5.69. The highest BCUT2D eigenvalue weighted by Crippen LogP contribution is 2.29. The fraction of sp³-hybridized carbons (Fsp3) is 0.522. The van der Waals surface area contributed by atoms with Crippen LogP contribution in [0.5, 0.6) is 0 Å². The van der Waals surface area contributed by atoms with E-state index in [-0.39, 0.29) is 17.9 Å². The number of ether oxygens (including phenoxy) is 1. The number of nitrogens with zero attached hydrogens (tertiary/aromatic N) is 2. The van der Waals surface area contributed by atoms with Crippen LogP contribution in [0.4, 0.5) is 10.8 Å². The average Bonchev–Trinajstić information content (AvgIpc) is 3.42. The number of carbonyl (C=O) groups excluding carboxylic acids is 2. The summed E-state index contributed by atoms with van der Waals surface area (Å²) in [6.45, 7) is 4.62. The van der Waals surface area contributed by atoms with Crippen LogP contribution in [0.25, 0.3) is 0 Å². The number of aryl methyl sites for hydroxylation is 1. The Bertz CT molecular complexity index is 906. The van der Waals surface area contributed by atoms with Gasteiger partial charge < -0.3 is 10.1 Å². The SMILES string of the molecule is CCCCc1ccc(NC(=O)CN2CCc3nc(NC(=O)C4CCCO4)sc3C2)cc1. The molecule has 0 radical (unpaired) electrons. The summed E-state index contributed by atoms with van der Waals surface area (Å²) in [5, 5.41) is 6.51. The molecule has 1 saturated heterocycles. The largest absolute Gasteiger partial charge is 0.368 e. The molecule has 3 heterocycles. The number of nitrogens with one attached hydrogen (secondary N) is 2. The zero-order valence-electron chi connectivity index (χ0n) is 18.0. The number of rotatable bonds is 8. The van der Waals surface area contributed by atoms with E-state index in [4.69, 9.17) is 4.74 Å². The summed E-state index contributed by atoms with van der Waals surface area (Å²) in [7, 11) is 0. The zero-order chi connectivity index (χ0) is 21.6. The van der Waals surface area contributed by atoms with E-state index >= 15 is 0 Å². The van der Waals surface area contributed by atoms with Crippen molar-refractivity contribution >= 4 is 34.0 Å². The number of benzene rings is 1. The standard InChI is InChI=1S/C23H30N4O3S/c1-2-3-5-16-7-9-17(10-8-16)24-21(28)15-27-12-11-18-20(14-27)31-23(25-18)26-22(29)19-6-4-13-30-19/h7-10,19H,2-6,11-15H2,1H3,(H,24,28)(H,25,26,29). The van der Waals surface area contributed by atoms with E-state index in [9.17, 15) is 9.59 Å².